The summed E-state index contributed by atoms with van der Waals surface area (Å²) >= 11 is 0. The molecule has 0 atom stereocenters. The Hall–Kier alpha value is -1.55. The standard InChI is InChI=1S/C16H21N3O/c1-2-13(1)19(11-12-3-7-17-8-4-12)16-14-6-10-20-15(14)5-9-18-16/h5-6,9-10,12-13,17H,1-4,7-8,11H2. The molecule has 20 heavy (non-hydrogen) atoms. The fraction of sp³-hybridized carbons (Fsp3) is 0.562. The maximum absolute atomic E-state index is 5.52. The van der Waals surface area contributed by atoms with E-state index in [1.807, 2.05) is 12.3 Å². The van der Waals surface area contributed by atoms with Gasteiger partial charge < -0.3 is 14.6 Å². The Morgan fingerprint density at radius 1 is 1.20 bits per heavy atom. The number of aromatic nitrogens is 1. The Morgan fingerprint density at radius 2 is 2.05 bits per heavy atom. The summed E-state index contributed by atoms with van der Waals surface area (Å²) in [6, 6.07) is 4.70. The van der Waals surface area contributed by atoms with E-state index < -0.39 is 0 Å². The van der Waals surface area contributed by atoms with Crippen molar-refractivity contribution in [2.75, 3.05) is 24.5 Å². The minimum atomic E-state index is 0.692. The summed E-state index contributed by atoms with van der Waals surface area (Å²) in [6.07, 6.45) is 8.82. The SMILES string of the molecule is c1cc2occc2c(N(CC2CCNCC2)C2CC2)n1. The van der Waals surface area contributed by atoms with Crippen LogP contribution in [0.2, 0.25) is 0 Å². The summed E-state index contributed by atoms with van der Waals surface area (Å²) in [5.74, 6) is 1.91. The van der Waals surface area contributed by atoms with Crippen LogP contribution in [0.15, 0.2) is 29.0 Å². The van der Waals surface area contributed by atoms with Gasteiger partial charge in [0.15, 0.2) is 0 Å². The van der Waals surface area contributed by atoms with Crippen LogP contribution in [0.3, 0.4) is 0 Å². The van der Waals surface area contributed by atoms with E-state index in [0.29, 0.717) is 6.04 Å². The van der Waals surface area contributed by atoms with Gasteiger partial charge in [0.2, 0.25) is 0 Å². The number of hydrogen-bond donors (Lipinski definition) is 1. The van der Waals surface area contributed by atoms with Crippen molar-refractivity contribution in [2.45, 2.75) is 31.7 Å². The van der Waals surface area contributed by atoms with E-state index in [1.54, 1.807) is 6.26 Å². The molecule has 3 heterocycles. The van der Waals surface area contributed by atoms with E-state index in [0.717, 1.165) is 42.3 Å². The first-order valence-corrected chi connectivity index (χ1v) is 7.71. The zero-order chi connectivity index (χ0) is 13.4. The lowest BCUT2D eigenvalue weighted by atomic mass is 9.97. The number of rotatable bonds is 4. The third-order valence-corrected chi connectivity index (χ3v) is 4.53. The molecule has 4 rings (SSSR count). The van der Waals surface area contributed by atoms with Crippen LogP contribution >= 0.6 is 0 Å². The molecule has 4 heteroatoms. The molecule has 2 aromatic heterocycles. The monoisotopic (exact) mass is 271 g/mol. The molecular weight excluding hydrogens is 250 g/mol. The second kappa shape index (κ2) is 5.09. The molecule has 2 fully saturated rings. The highest BCUT2D eigenvalue weighted by atomic mass is 16.3. The Kier molecular flexibility index (Phi) is 3.11. The molecule has 2 aromatic rings. The van der Waals surface area contributed by atoms with E-state index in [2.05, 4.69) is 21.3 Å². The molecule has 2 aliphatic rings. The number of pyridine rings is 1. The van der Waals surface area contributed by atoms with Gasteiger partial charge in [0.1, 0.15) is 11.4 Å². The molecule has 1 saturated carbocycles. The molecule has 0 unspecified atom stereocenters. The first-order chi connectivity index (χ1) is 9.92. The Morgan fingerprint density at radius 3 is 2.85 bits per heavy atom. The van der Waals surface area contributed by atoms with Gasteiger partial charge in [-0.2, -0.15) is 0 Å². The van der Waals surface area contributed by atoms with Crippen molar-refractivity contribution in [2.24, 2.45) is 5.92 Å². The summed E-state index contributed by atoms with van der Waals surface area (Å²) in [7, 11) is 0. The van der Waals surface area contributed by atoms with E-state index in [1.165, 1.54) is 25.7 Å². The third kappa shape index (κ3) is 2.29. The molecule has 4 nitrogen and oxygen atoms in total. The molecule has 0 amide bonds. The average Bonchev–Trinajstić information content (AvgIpc) is 3.22. The minimum Gasteiger partial charge on any atom is -0.464 e. The van der Waals surface area contributed by atoms with Gasteiger partial charge in [-0.05, 0) is 56.8 Å². The molecule has 0 bridgehead atoms. The first kappa shape index (κ1) is 12.2. The first-order valence-electron chi connectivity index (χ1n) is 7.71. The Bertz CT molecular complexity index is 584. The zero-order valence-corrected chi connectivity index (χ0v) is 11.7. The van der Waals surface area contributed by atoms with Crippen LogP contribution in [-0.2, 0) is 0 Å². The molecule has 0 spiro atoms. The normalized spacial score (nSPS) is 20.4. The van der Waals surface area contributed by atoms with E-state index in [9.17, 15) is 0 Å². The molecule has 1 saturated heterocycles. The predicted octanol–water partition coefficient (Wildman–Crippen LogP) is 2.80. The topological polar surface area (TPSA) is 41.3 Å². The number of furan rings is 1. The Balaban J connectivity index is 1.63. The summed E-state index contributed by atoms with van der Waals surface area (Å²) in [5, 5.41) is 4.61. The number of nitrogens with zero attached hydrogens (tertiary/aromatic N) is 2. The number of hydrogen-bond acceptors (Lipinski definition) is 4. The average molecular weight is 271 g/mol. The van der Waals surface area contributed by atoms with E-state index in [-0.39, 0.29) is 0 Å². The lowest BCUT2D eigenvalue weighted by Gasteiger charge is -2.31. The smallest absolute Gasteiger partial charge is 0.139 e. The van der Waals surface area contributed by atoms with Crippen LogP contribution in [-0.4, -0.2) is 30.7 Å². The van der Waals surface area contributed by atoms with Gasteiger partial charge in [-0.1, -0.05) is 0 Å². The van der Waals surface area contributed by atoms with Gasteiger partial charge in [0, 0.05) is 18.8 Å². The van der Waals surface area contributed by atoms with Gasteiger partial charge in [0.25, 0.3) is 0 Å². The number of nitrogens with one attached hydrogen (secondary N) is 1. The van der Waals surface area contributed by atoms with Gasteiger partial charge in [-0.25, -0.2) is 4.98 Å². The van der Waals surface area contributed by atoms with Crippen LogP contribution < -0.4 is 10.2 Å². The highest BCUT2D eigenvalue weighted by molar-refractivity contribution is 5.88. The van der Waals surface area contributed by atoms with Crippen molar-refractivity contribution in [1.82, 2.24) is 10.3 Å². The minimum absolute atomic E-state index is 0.692. The van der Waals surface area contributed by atoms with Gasteiger partial charge in [-0.3, -0.25) is 0 Å². The lowest BCUT2D eigenvalue weighted by Crippen LogP contribution is -2.37. The van der Waals surface area contributed by atoms with Crippen LogP contribution in [0, 0.1) is 5.92 Å². The lowest BCUT2D eigenvalue weighted by molar-refractivity contribution is 0.372. The predicted molar refractivity (Wildman–Crippen MR) is 80.0 cm³/mol. The van der Waals surface area contributed by atoms with Crippen molar-refractivity contribution in [3.05, 3.63) is 24.6 Å². The molecule has 0 radical (unpaired) electrons. The quantitative estimate of drug-likeness (QED) is 0.928. The fourth-order valence-corrected chi connectivity index (χ4v) is 3.25. The molecule has 1 aliphatic heterocycles. The van der Waals surface area contributed by atoms with Crippen molar-refractivity contribution in [3.8, 4) is 0 Å². The second-order valence-corrected chi connectivity index (χ2v) is 6.04. The zero-order valence-electron chi connectivity index (χ0n) is 11.7. The molecule has 0 aromatic carbocycles. The Labute approximate surface area is 119 Å². The van der Waals surface area contributed by atoms with Crippen LogP contribution in [0.4, 0.5) is 5.82 Å². The van der Waals surface area contributed by atoms with Gasteiger partial charge in [-0.15, -0.1) is 0 Å². The molecule has 1 aliphatic carbocycles. The van der Waals surface area contributed by atoms with Gasteiger partial charge >= 0.3 is 0 Å². The largest absolute Gasteiger partial charge is 0.464 e. The van der Waals surface area contributed by atoms with Crippen LogP contribution in [0.25, 0.3) is 11.0 Å². The maximum Gasteiger partial charge on any atom is 0.139 e. The van der Waals surface area contributed by atoms with Gasteiger partial charge in [0.05, 0.1) is 11.6 Å². The summed E-state index contributed by atoms with van der Waals surface area (Å²) in [4.78, 5) is 7.19. The van der Waals surface area contributed by atoms with Crippen LogP contribution in [0.5, 0.6) is 0 Å². The van der Waals surface area contributed by atoms with E-state index >= 15 is 0 Å². The second-order valence-electron chi connectivity index (χ2n) is 6.04. The van der Waals surface area contributed by atoms with Crippen molar-refractivity contribution < 1.29 is 4.42 Å². The highest BCUT2D eigenvalue weighted by Crippen LogP contribution is 2.36. The number of fused-ring (bicyclic) bond motifs is 1. The highest BCUT2D eigenvalue weighted by Gasteiger charge is 2.33. The maximum atomic E-state index is 5.52. The number of anilines is 1. The van der Waals surface area contributed by atoms with E-state index in [4.69, 9.17) is 4.42 Å². The van der Waals surface area contributed by atoms with Crippen molar-refractivity contribution in [1.29, 1.82) is 0 Å². The summed E-state index contributed by atoms with van der Waals surface area (Å²) in [5.41, 5.74) is 0.950. The third-order valence-electron chi connectivity index (χ3n) is 4.53. The molecular formula is C16H21N3O. The van der Waals surface area contributed by atoms with Crippen molar-refractivity contribution >= 4 is 16.8 Å². The molecule has 106 valence electrons. The fourth-order valence-electron chi connectivity index (χ4n) is 3.25. The number of piperidine rings is 1. The van der Waals surface area contributed by atoms with Crippen molar-refractivity contribution in [3.63, 3.8) is 0 Å². The summed E-state index contributed by atoms with van der Waals surface area (Å²) in [6.45, 7) is 3.46. The molecule has 1 N–H and O–H groups in total. The van der Waals surface area contributed by atoms with Crippen LogP contribution in [0.1, 0.15) is 25.7 Å². The summed E-state index contributed by atoms with van der Waals surface area (Å²) < 4.78 is 5.52.